The molecule has 1 fully saturated rings. The monoisotopic (exact) mass is 530 g/mol. The third-order valence-electron chi connectivity index (χ3n) is 6.39. The van der Waals surface area contributed by atoms with Crippen LogP contribution in [0.3, 0.4) is 0 Å². The van der Waals surface area contributed by atoms with Crippen LogP contribution >= 0.6 is 11.3 Å². The average Bonchev–Trinajstić information content (AvgIpc) is 3.49. The summed E-state index contributed by atoms with van der Waals surface area (Å²) >= 11 is 1.47. The molecular formula is C28H30N6O3S. The highest BCUT2D eigenvalue weighted by Crippen LogP contribution is 2.33. The van der Waals surface area contributed by atoms with E-state index in [0.717, 1.165) is 23.9 Å². The molecule has 9 nitrogen and oxygen atoms in total. The van der Waals surface area contributed by atoms with Crippen LogP contribution in [-0.2, 0) is 20.9 Å². The van der Waals surface area contributed by atoms with Gasteiger partial charge in [-0.25, -0.2) is 4.68 Å². The molecule has 0 radical (unpaired) electrons. The molecule has 1 unspecified atom stereocenters. The van der Waals surface area contributed by atoms with E-state index in [9.17, 15) is 14.4 Å². The van der Waals surface area contributed by atoms with Crippen LogP contribution in [0.2, 0.25) is 0 Å². The lowest BCUT2D eigenvalue weighted by Crippen LogP contribution is -2.45. The molecule has 1 aliphatic rings. The molecule has 1 aliphatic carbocycles. The van der Waals surface area contributed by atoms with Gasteiger partial charge in [-0.2, -0.15) is 11.3 Å². The van der Waals surface area contributed by atoms with Crippen LogP contribution < -0.4 is 15.5 Å². The molecule has 196 valence electrons. The van der Waals surface area contributed by atoms with E-state index in [4.69, 9.17) is 0 Å². The SMILES string of the molecule is CC(C)CNC(=O)C(c1ccsc1)N(C(=O)Cn1nnc2ccccc21)c1ccc(NC(=O)C2CC2)cc1. The van der Waals surface area contributed by atoms with Crippen molar-refractivity contribution in [3.05, 3.63) is 70.9 Å². The highest BCUT2D eigenvalue weighted by Gasteiger charge is 2.34. The third kappa shape index (κ3) is 5.75. The molecule has 2 N–H and O–H groups in total. The number of thiophene rings is 1. The maximum Gasteiger partial charge on any atom is 0.249 e. The summed E-state index contributed by atoms with van der Waals surface area (Å²) < 4.78 is 1.55. The van der Waals surface area contributed by atoms with Crippen molar-refractivity contribution in [3.63, 3.8) is 0 Å². The molecular weight excluding hydrogens is 500 g/mol. The predicted octanol–water partition coefficient (Wildman–Crippen LogP) is 4.39. The van der Waals surface area contributed by atoms with E-state index < -0.39 is 6.04 Å². The first kappa shape index (κ1) is 25.6. The molecule has 38 heavy (non-hydrogen) atoms. The van der Waals surface area contributed by atoms with Crippen LogP contribution in [0.1, 0.15) is 38.3 Å². The molecule has 10 heteroatoms. The molecule has 4 aromatic rings. The standard InChI is InChI=1S/C28H30N6O3S/c1-18(2)15-29-28(37)26(20-13-14-38-17-20)34(22-11-9-21(10-12-22)30-27(36)19-7-8-19)25(35)16-33-24-6-4-3-5-23(24)31-32-33/h3-6,9-14,17-19,26H,7-8,15-16H2,1-2H3,(H,29,37)(H,30,36). The first-order valence-corrected chi connectivity index (χ1v) is 13.7. The van der Waals surface area contributed by atoms with Crippen LogP contribution in [0.25, 0.3) is 11.0 Å². The molecule has 1 saturated carbocycles. The van der Waals surface area contributed by atoms with Crippen molar-refractivity contribution < 1.29 is 14.4 Å². The number of amides is 3. The van der Waals surface area contributed by atoms with E-state index in [1.165, 1.54) is 16.2 Å². The first-order chi connectivity index (χ1) is 18.4. The number of anilines is 2. The summed E-state index contributed by atoms with van der Waals surface area (Å²) in [7, 11) is 0. The van der Waals surface area contributed by atoms with E-state index in [2.05, 4.69) is 20.9 Å². The Balaban J connectivity index is 1.50. The van der Waals surface area contributed by atoms with E-state index >= 15 is 0 Å². The maximum absolute atomic E-state index is 14.0. The summed E-state index contributed by atoms with van der Waals surface area (Å²) in [6, 6.07) is 15.4. The Morgan fingerprint density at radius 1 is 1.08 bits per heavy atom. The number of para-hydroxylation sites is 1. The van der Waals surface area contributed by atoms with Crippen molar-refractivity contribution in [3.8, 4) is 0 Å². The Hall–Kier alpha value is -4.05. The van der Waals surface area contributed by atoms with Crippen LogP contribution in [0.5, 0.6) is 0 Å². The second-order valence-corrected chi connectivity index (χ2v) is 10.7. The number of carbonyl (C=O) groups excluding carboxylic acids is 3. The normalized spacial score (nSPS) is 13.9. The number of rotatable bonds is 10. The molecule has 2 heterocycles. The molecule has 0 bridgehead atoms. The summed E-state index contributed by atoms with van der Waals surface area (Å²) in [6.07, 6.45) is 1.83. The first-order valence-electron chi connectivity index (χ1n) is 12.7. The fourth-order valence-corrected chi connectivity index (χ4v) is 4.90. The van der Waals surface area contributed by atoms with Crippen molar-refractivity contribution in [2.24, 2.45) is 11.8 Å². The third-order valence-corrected chi connectivity index (χ3v) is 7.09. The highest BCUT2D eigenvalue weighted by atomic mass is 32.1. The number of nitrogens with one attached hydrogen (secondary N) is 2. The van der Waals surface area contributed by atoms with Gasteiger partial charge >= 0.3 is 0 Å². The second kappa shape index (κ2) is 11.1. The lowest BCUT2D eigenvalue weighted by Gasteiger charge is -2.31. The van der Waals surface area contributed by atoms with Crippen molar-refractivity contribution >= 4 is 51.5 Å². The van der Waals surface area contributed by atoms with Crippen molar-refractivity contribution in [2.75, 3.05) is 16.8 Å². The van der Waals surface area contributed by atoms with Gasteiger partial charge in [-0.15, -0.1) is 5.10 Å². The van der Waals surface area contributed by atoms with E-state index in [1.54, 1.807) is 28.9 Å². The van der Waals surface area contributed by atoms with E-state index in [1.807, 2.05) is 54.9 Å². The Morgan fingerprint density at radius 3 is 2.53 bits per heavy atom. The minimum atomic E-state index is -0.880. The highest BCUT2D eigenvalue weighted by molar-refractivity contribution is 7.08. The quantitative estimate of drug-likeness (QED) is 0.316. The molecule has 5 rings (SSSR count). The predicted molar refractivity (Wildman–Crippen MR) is 148 cm³/mol. The second-order valence-electron chi connectivity index (χ2n) is 9.91. The van der Waals surface area contributed by atoms with Crippen molar-refractivity contribution in [1.29, 1.82) is 0 Å². The van der Waals surface area contributed by atoms with Crippen LogP contribution in [0.15, 0.2) is 65.4 Å². The number of hydrogen-bond acceptors (Lipinski definition) is 6. The summed E-state index contributed by atoms with van der Waals surface area (Å²) in [4.78, 5) is 41.3. The van der Waals surface area contributed by atoms with Crippen LogP contribution in [0, 0.1) is 11.8 Å². The lowest BCUT2D eigenvalue weighted by atomic mass is 10.1. The summed E-state index contributed by atoms with van der Waals surface area (Å²) in [5, 5.41) is 18.0. The summed E-state index contributed by atoms with van der Waals surface area (Å²) in [6.45, 7) is 4.43. The zero-order valence-corrected chi connectivity index (χ0v) is 22.1. The van der Waals surface area contributed by atoms with Crippen molar-refractivity contribution in [1.82, 2.24) is 20.3 Å². The number of hydrogen-bond donors (Lipinski definition) is 2. The van der Waals surface area contributed by atoms with Gasteiger partial charge in [0.25, 0.3) is 0 Å². The van der Waals surface area contributed by atoms with Gasteiger partial charge in [0.15, 0.2) is 0 Å². The van der Waals surface area contributed by atoms with E-state index in [-0.39, 0.29) is 36.1 Å². The van der Waals surface area contributed by atoms with E-state index in [0.29, 0.717) is 23.4 Å². The molecule has 2 aromatic carbocycles. The molecule has 0 saturated heterocycles. The summed E-state index contributed by atoms with van der Waals surface area (Å²) in [5.74, 6) is -0.237. The number of benzene rings is 2. The van der Waals surface area contributed by atoms with Gasteiger partial charge in [0.2, 0.25) is 17.7 Å². The minimum Gasteiger partial charge on any atom is -0.354 e. The Kier molecular flexibility index (Phi) is 7.50. The van der Waals surface area contributed by atoms with Crippen LogP contribution in [0.4, 0.5) is 11.4 Å². The fourth-order valence-electron chi connectivity index (χ4n) is 4.22. The largest absolute Gasteiger partial charge is 0.354 e. The zero-order valence-electron chi connectivity index (χ0n) is 21.3. The average molecular weight is 531 g/mol. The topological polar surface area (TPSA) is 109 Å². The Morgan fingerprint density at radius 2 is 1.84 bits per heavy atom. The molecule has 1 atom stereocenters. The Labute approximate surface area is 224 Å². The molecule has 0 spiro atoms. The molecule has 2 aromatic heterocycles. The van der Waals surface area contributed by atoms with Gasteiger partial charge in [-0.05, 0) is 77.5 Å². The number of carbonyl (C=O) groups is 3. The maximum atomic E-state index is 14.0. The minimum absolute atomic E-state index is 0.00737. The molecule has 0 aliphatic heterocycles. The van der Waals surface area contributed by atoms with Gasteiger partial charge < -0.3 is 10.6 Å². The van der Waals surface area contributed by atoms with Gasteiger partial charge in [0.1, 0.15) is 18.1 Å². The van der Waals surface area contributed by atoms with Crippen molar-refractivity contribution in [2.45, 2.75) is 39.3 Å². The zero-order chi connectivity index (χ0) is 26.6. The molecule has 3 amide bonds. The van der Waals surface area contributed by atoms with Gasteiger partial charge in [0.05, 0.1) is 5.52 Å². The number of aromatic nitrogens is 3. The summed E-state index contributed by atoms with van der Waals surface area (Å²) in [5.41, 5.74) is 3.33. The van der Waals surface area contributed by atoms with Gasteiger partial charge in [0, 0.05) is 23.8 Å². The lowest BCUT2D eigenvalue weighted by molar-refractivity contribution is -0.127. The number of fused-ring (bicyclic) bond motifs is 1. The van der Waals surface area contributed by atoms with Crippen LogP contribution in [-0.4, -0.2) is 39.3 Å². The fraction of sp³-hybridized carbons (Fsp3) is 0.321. The van der Waals surface area contributed by atoms with Gasteiger partial charge in [-0.1, -0.05) is 31.2 Å². The Bertz CT molecular complexity index is 1430. The smallest absolute Gasteiger partial charge is 0.249 e. The number of nitrogens with zero attached hydrogens (tertiary/aromatic N) is 4. The van der Waals surface area contributed by atoms with Gasteiger partial charge in [-0.3, -0.25) is 19.3 Å².